The highest BCUT2D eigenvalue weighted by atomic mass is 32.1. The van der Waals surface area contributed by atoms with Crippen LogP contribution >= 0.6 is 11.3 Å². The maximum Gasteiger partial charge on any atom is 0.341 e. The van der Waals surface area contributed by atoms with E-state index in [1.165, 1.54) is 17.5 Å². The topological polar surface area (TPSA) is 71.5 Å². The van der Waals surface area contributed by atoms with E-state index in [0.29, 0.717) is 29.9 Å². The molecule has 6 heteroatoms. The summed E-state index contributed by atoms with van der Waals surface area (Å²) in [6.45, 7) is 2.58. The first-order chi connectivity index (χ1) is 11.7. The number of hydrogen-bond donors (Lipinski definition) is 2. The molecule has 1 aromatic carbocycles. The highest BCUT2D eigenvalue weighted by molar-refractivity contribution is 7.18. The van der Waals surface area contributed by atoms with Crippen LogP contribution in [0.2, 0.25) is 0 Å². The maximum atomic E-state index is 12.2. The molecular formula is C18H18N2O3S. The molecule has 124 valence electrons. The number of rotatable bonds is 6. The van der Waals surface area contributed by atoms with E-state index >= 15 is 0 Å². The SMILES string of the molecule is CCOC(=O)c1cnc2c(CO)csc2c1NCc1ccccc1. The second kappa shape index (κ2) is 7.42. The number of thiophene rings is 1. The number of anilines is 1. The number of hydrogen-bond acceptors (Lipinski definition) is 6. The second-order valence-corrected chi connectivity index (χ2v) is 6.08. The number of aliphatic hydroxyl groups excluding tert-OH is 1. The molecule has 0 aliphatic heterocycles. The van der Waals surface area contributed by atoms with Crippen LogP contribution in [0.25, 0.3) is 10.2 Å². The molecule has 0 radical (unpaired) electrons. The summed E-state index contributed by atoms with van der Waals surface area (Å²) < 4.78 is 5.99. The summed E-state index contributed by atoms with van der Waals surface area (Å²) in [6.07, 6.45) is 1.51. The number of esters is 1. The fraction of sp³-hybridized carbons (Fsp3) is 0.222. The van der Waals surface area contributed by atoms with Gasteiger partial charge in [0.25, 0.3) is 0 Å². The molecule has 24 heavy (non-hydrogen) atoms. The monoisotopic (exact) mass is 342 g/mol. The third-order valence-electron chi connectivity index (χ3n) is 3.64. The number of pyridine rings is 1. The fourth-order valence-corrected chi connectivity index (χ4v) is 3.50. The third kappa shape index (κ3) is 3.25. The molecule has 2 heterocycles. The number of aromatic nitrogens is 1. The minimum absolute atomic E-state index is 0.0795. The number of benzene rings is 1. The number of nitrogens with one attached hydrogen (secondary N) is 1. The predicted octanol–water partition coefficient (Wildman–Crippen LogP) is 3.58. The molecule has 0 saturated heterocycles. The van der Waals surface area contributed by atoms with Crippen LogP contribution in [-0.4, -0.2) is 22.7 Å². The van der Waals surface area contributed by atoms with Gasteiger partial charge in [-0.15, -0.1) is 11.3 Å². The first-order valence-electron chi connectivity index (χ1n) is 7.69. The van der Waals surface area contributed by atoms with Crippen molar-refractivity contribution in [2.75, 3.05) is 11.9 Å². The lowest BCUT2D eigenvalue weighted by Crippen LogP contribution is -2.11. The van der Waals surface area contributed by atoms with E-state index in [0.717, 1.165) is 15.8 Å². The van der Waals surface area contributed by atoms with E-state index in [2.05, 4.69) is 10.3 Å². The molecule has 0 bridgehead atoms. The number of carbonyl (C=O) groups excluding carboxylic acids is 1. The Morgan fingerprint density at radius 2 is 2.12 bits per heavy atom. The van der Waals surface area contributed by atoms with Crippen LogP contribution in [0.5, 0.6) is 0 Å². The van der Waals surface area contributed by atoms with Crippen molar-refractivity contribution in [2.24, 2.45) is 0 Å². The van der Waals surface area contributed by atoms with E-state index in [-0.39, 0.29) is 6.61 Å². The molecule has 0 spiro atoms. The van der Waals surface area contributed by atoms with E-state index in [1.807, 2.05) is 35.7 Å². The van der Waals surface area contributed by atoms with E-state index < -0.39 is 5.97 Å². The van der Waals surface area contributed by atoms with Crippen molar-refractivity contribution in [3.63, 3.8) is 0 Å². The van der Waals surface area contributed by atoms with Crippen molar-refractivity contribution in [1.82, 2.24) is 4.98 Å². The summed E-state index contributed by atoms with van der Waals surface area (Å²) in [5.41, 5.74) is 3.69. The molecule has 0 aliphatic carbocycles. The van der Waals surface area contributed by atoms with Crippen molar-refractivity contribution in [3.8, 4) is 0 Å². The third-order valence-corrected chi connectivity index (χ3v) is 4.67. The van der Waals surface area contributed by atoms with Crippen molar-refractivity contribution >= 4 is 33.2 Å². The lowest BCUT2D eigenvalue weighted by atomic mass is 10.1. The van der Waals surface area contributed by atoms with Gasteiger partial charge in [-0.2, -0.15) is 0 Å². The Labute approximate surface area is 143 Å². The zero-order valence-corrected chi connectivity index (χ0v) is 14.1. The van der Waals surface area contributed by atoms with E-state index in [4.69, 9.17) is 4.74 Å². The number of fused-ring (bicyclic) bond motifs is 1. The Bertz CT molecular complexity index is 846. The molecule has 0 saturated carbocycles. The number of ether oxygens (including phenoxy) is 1. The van der Waals surface area contributed by atoms with Gasteiger partial charge in [0, 0.05) is 18.3 Å². The first kappa shape index (κ1) is 16.4. The van der Waals surface area contributed by atoms with Gasteiger partial charge in [0.15, 0.2) is 0 Å². The van der Waals surface area contributed by atoms with Crippen LogP contribution in [0.4, 0.5) is 5.69 Å². The fourth-order valence-electron chi connectivity index (χ4n) is 2.46. The van der Waals surface area contributed by atoms with Gasteiger partial charge in [0.1, 0.15) is 5.56 Å². The average molecular weight is 342 g/mol. The Balaban J connectivity index is 2.01. The zero-order valence-electron chi connectivity index (χ0n) is 13.3. The molecule has 0 atom stereocenters. The van der Waals surface area contributed by atoms with Crippen LogP contribution in [0.1, 0.15) is 28.4 Å². The smallest absolute Gasteiger partial charge is 0.341 e. The molecular weight excluding hydrogens is 324 g/mol. The molecule has 3 rings (SSSR count). The molecule has 0 fully saturated rings. The maximum absolute atomic E-state index is 12.2. The minimum atomic E-state index is -0.401. The van der Waals surface area contributed by atoms with Gasteiger partial charge in [-0.05, 0) is 17.9 Å². The van der Waals surface area contributed by atoms with Gasteiger partial charge >= 0.3 is 5.97 Å². The van der Waals surface area contributed by atoms with Crippen molar-refractivity contribution in [1.29, 1.82) is 0 Å². The number of aliphatic hydroxyl groups is 1. The Morgan fingerprint density at radius 1 is 1.33 bits per heavy atom. The molecule has 0 amide bonds. The normalized spacial score (nSPS) is 10.8. The van der Waals surface area contributed by atoms with Gasteiger partial charge in [-0.3, -0.25) is 4.98 Å². The first-order valence-corrected chi connectivity index (χ1v) is 8.57. The van der Waals surface area contributed by atoms with Crippen molar-refractivity contribution < 1.29 is 14.6 Å². The number of nitrogens with zero attached hydrogens (tertiary/aromatic N) is 1. The molecule has 0 aliphatic rings. The number of carbonyl (C=O) groups is 1. The largest absolute Gasteiger partial charge is 0.462 e. The van der Waals surface area contributed by atoms with Gasteiger partial charge in [0.2, 0.25) is 0 Å². The molecule has 3 aromatic rings. The standard InChI is InChI=1S/C18H18N2O3S/c1-2-23-18(22)14-9-20-15-13(10-21)11-24-17(15)16(14)19-8-12-6-4-3-5-7-12/h3-7,9,11,21H,2,8,10H2,1H3,(H,19,20). The predicted molar refractivity (Wildman–Crippen MR) is 95.3 cm³/mol. The van der Waals surface area contributed by atoms with Gasteiger partial charge in [-0.1, -0.05) is 30.3 Å². The summed E-state index contributed by atoms with van der Waals surface area (Å²) >= 11 is 1.46. The summed E-state index contributed by atoms with van der Waals surface area (Å²) in [6, 6.07) is 9.94. The van der Waals surface area contributed by atoms with Crippen LogP contribution in [0.3, 0.4) is 0 Å². The summed E-state index contributed by atoms with van der Waals surface area (Å²) in [5.74, 6) is -0.401. The van der Waals surface area contributed by atoms with E-state index in [1.54, 1.807) is 6.92 Å². The van der Waals surface area contributed by atoms with Gasteiger partial charge in [-0.25, -0.2) is 4.79 Å². The summed E-state index contributed by atoms with van der Waals surface area (Å²) in [7, 11) is 0. The molecule has 2 aromatic heterocycles. The van der Waals surface area contributed by atoms with Crippen LogP contribution in [0, 0.1) is 0 Å². The average Bonchev–Trinajstić information content (AvgIpc) is 3.04. The zero-order chi connectivity index (χ0) is 16.9. The Morgan fingerprint density at radius 3 is 2.83 bits per heavy atom. The Hall–Kier alpha value is -2.44. The molecule has 2 N–H and O–H groups in total. The van der Waals surface area contributed by atoms with Crippen molar-refractivity contribution in [3.05, 3.63) is 58.6 Å². The van der Waals surface area contributed by atoms with Crippen LogP contribution < -0.4 is 5.32 Å². The molecule has 0 unspecified atom stereocenters. The lowest BCUT2D eigenvalue weighted by Gasteiger charge is -2.12. The van der Waals surface area contributed by atoms with Crippen LogP contribution in [0.15, 0.2) is 41.9 Å². The summed E-state index contributed by atoms with van der Waals surface area (Å²) in [4.78, 5) is 16.6. The quantitative estimate of drug-likeness (QED) is 0.670. The molecule has 5 nitrogen and oxygen atoms in total. The summed E-state index contributed by atoms with van der Waals surface area (Å²) in [5, 5.41) is 14.6. The second-order valence-electron chi connectivity index (χ2n) is 5.20. The van der Waals surface area contributed by atoms with Gasteiger partial charge < -0.3 is 15.2 Å². The highest BCUT2D eigenvalue weighted by Gasteiger charge is 2.19. The minimum Gasteiger partial charge on any atom is -0.462 e. The van der Waals surface area contributed by atoms with E-state index in [9.17, 15) is 9.90 Å². The highest BCUT2D eigenvalue weighted by Crippen LogP contribution is 2.34. The lowest BCUT2D eigenvalue weighted by molar-refractivity contribution is 0.0527. The van der Waals surface area contributed by atoms with Crippen molar-refractivity contribution in [2.45, 2.75) is 20.1 Å². The van der Waals surface area contributed by atoms with Gasteiger partial charge in [0.05, 0.1) is 29.1 Å². The Kier molecular flexibility index (Phi) is 5.08. The van der Waals surface area contributed by atoms with Crippen LogP contribution in [-0.2, 0) is 17.9 Å².